The summed E-state index contributed by atoms with van der Waals surface area (Å²) in [5.74, 6) is 0.0923. The van der Waals surface area contributed by atoms with E-state index in [2.05, 4.69) is 10.3 Å². The van der Waals surface area contributed by atoms with Crippen molar-refractivity contribution in [3.63, 3.8) is 0 Å². The van der Waals surface area contributed by atoms with Crippen molar-refractivity contribution < 1.29 is 23.5 Å². The Labute approximate surface area is 190 Å². The van der Waals surface area contributed by atoms with Gasteiger partial charge in [-0.05, 0) is 54.5 Å². The zero-order valence-electron chi connectivity index (χ0n) is 18.0. The van der Waals surface area contributed by atoms with Crippen LogP contribution in [0, 0.1) is 5.82 Å². The van der Waals surface area contributed by atoms with Gasteiger partial charge in [-0.25, -0.2) is 4.39 Å². The maximum atomic E-state index is 14.4. The van der Waals surface area contributed by atoms with Crippen LogP contribution in [0.25, 0.3) is 6.08 Å². The molecule has 1 fully saturated rings. The number of rotatable bonds is 7. The summed E-state index contributed by atoms with van der Waals surface area (Å²) < 4.78 is 25.2. The molecule has 1 aliphatic heterocycles. The van der Waals surface area contributed by atoms with Crippen LogP contribution in [0.3, 0.4) is 0 Å². The highest BCUT2D eigenvalue weighted by Crippen LogP contribution is 2.34. The largest absolute Gasteiger partial charge is 0.494 e. The number of nitrogens with zero attached hydrogens (tertiary/aromatic N) is 2. The lowest BCUT2D eigenvalue weighted by atomic mass is 10.2. The normalized spacial score (nSPS) is 13.4. The highest BCUT2D eigenvalue weighted by molar-refractivity contribution is 6.02. The van der Waals surface area contributed by atoms with Gasteiger partial charge in [0.1, 0.15) is 11.5 Å². The molecule has 1 N–H and O–H groups in total. The van der Waals surface area contributed by atoms with Crippen LogP contribution < -0.4 is 19.7 Å². The first-order chi connectivity index (χ1) is 16.0. The molecule has 0 atom stereocenters. The van der Waals surface area contributed by atoms with Crippen LogP contribution in [0.1, 0.15) is 18.4 Å². The highest BCUT2D eigenvalue weighted by atomic mass is 19.1. The summed E-state index contributed by atoms with van der Waals surface area (Å²) in [4.78, 5) is 30.0. The summed E-state index contributed by atoms with van der Waals surface area (Å²) in [6, 6.07) is 12.9. The van der Waals surface area contributed by atoms with Crippen molar-refractivity contribution in [1.82, 2.24) is 4.98 Å². The molecular formula is C25H22FN3O4. The molecule has 2 amide bonds. The van der Waals surface area contributed by atoms with Gasteiger partial charge in [-0.2, -0.15) is 0 Å². The average Bonchev–Trinajstić information content (AvgIpc) is 3.25. The van der Waals surface area contributed by atoms with Crippen molar-refractivity contribution in [1.29, 1.82) is 0 Å². The van der Waals surface area contributed by atoms with Gasteiger partial charge in [0.2, 0.25) is 11.8 Å². The third-order valence-corrected chi connectivity index (χ3v) is 5.06. The number of hydrogen-bond donors (Lipinski definition) is 1. The number of pyridine rings is 1. The van der Waals surface area contributed by atoms with Gasteiger partial charge in [0.25, 0.3) is 0 Å². The summed E-state index contributed by atoms with van der Waals surface area (Å²) in [7, 11) is 1.51. The van der Waals surface area contributed by atoms with Crippen LogP contribution >= 0.6 is 0 Å². The van der Waals surface area contributed by atoms with Gasteiger partial charge < -0.3 is 19.7 Å². The van der Waals surface area contributed by atoms with E-state index in [0.717, 1.165) is 6.42 Å². The van der Waals surface area contributed by atoms with Gasteiger partial charge in [0.15, 0.2) is 11.6 Å². The second kappa shape index (κ2) is 9.95. The van der Waals surface area contributed by atoms with Crippen molar-refractivity contribution in [3.05, 3.63) is 78.4 Å². The van der Waals surface area contributed by atoms with Gasteiger partial charge in [-0.1, -0.05) is 6.07 Å². The number of aromatic nitrogens is 1. The number of nitrogens with one attached hydrogen (secondary N) is 1. The van der Waals surface area contributed by atoms with Gasteiger partial charge in [0, 0.05) is 37.0 Å². The van der Waals surface area contributed by atoms with Gasteiger partial charge in [-0.3, -0.25) is 14.6 Å². The Balaban J connectivity index is 1.40. The first-order valence-electron chi connectivity index (χ1n) is 10.4. The fourth-order valence-electron chi connectivity index (χ4n) is 3.48. The first-order valence-corrected chi connectivity index (χ1v) is 10.4. The fourth-order valence-corrected chi connectivity index (χ4v) is 3.48. The molecule has 2 aromatic carbocycles. The molecule has 0 spiro atoms. The molecule has 168 valence electrons. The minimum atomic E-state index is -0.557. The molecule has 0 unspecified atom stereocenters. The van der Waals surface area contributed by atoms with Gasteiger partial charge >= 0.3 is 0 Å². The number of carbonyl (C=O) groups excluding carboxylic acids is 2. The van der Waals surface area contributed by atoms with E-state index in [1.165, 1.54) is 37.6 Å². The quantitative estimate of drug-likeness (QED) is 0.526. The number of benzene rings is 2. The monoisotopic (exact) mass is 447 g/mol. The smallest absolute Gasteiger partial charge is 0.248 e. The topological polar surface area (TPSA) is 80.8 Å². The molecule has 0 aliphatic carbocycles. The lowest BCUT2D eigenvalue weighted by Crippen LogP contribution is -2.24. The molecule has 2 heterocycles. The number of ether oxygens (including phenoxy) is 2. The summed E-state index contributed by atoms with van der Waals surface area (Å²) in [6.45, 7) is 0.645. The van der Waals surface area contributed by atoms with E-state index in [9.17, 15) is 14.0 Å². The number of carbonyl (C=O) groups is 2. The Hall–Kier alpha value is -4.20. The number of amides is 2. The van der Waals surface area contributed by atoms with Crippen LogP contribution in [-0.2, 0) is 9.59 Å². The van der Waals surface area contributed by atoms with E-state index in [0.29, 0.717) is 41.4 Å². The molecule has 0 radical (unpaired) electrons. The molecular weight excluding hydrogens is 425 g/mol. The zero-order valence-corrected chi connectivity index (χ0v) is 18.0. The Kier molecular flexibility index (Phi) is 6.64. The average molecular weight is 447 g/mol. The minimum Gasteiger partial charge on any atom is -0.494 e. The molecule has 7 nitrogen and oxygen atoms in total. The molecule has 1 saturated heterocycles. The van der Waals surface area contributed by atoms with E-state index < -0.39 is 11.7 Å². The van der Waals surface area contributed by atoms with Crippen LogP contribution in [0.15, 0.2) is 67.0 Å². The molecule has 4 rings (SSSR count). The second-order valence-electron chi connectivity index (χ2n) is 7.34. The third kappa shape index (κ3) is 5.35. The molecule has 1 aliphatic rings. The highest BCUT2D eigenvalue weighted by Gasteiger charge is 2.24. The van der Waals surface area contributed by atoms with Crippen molar-refractivity contribution in [2.45, 2.75) is 12.8 Å². The summed E-state index contributed by atoms with van der Waals surface area (Å²) in [5.41, 5.74) is 1.70. The van der Waals surface area contributed by atoms with Crippen molar-refractivity contribution >= 4 is 29.3 Å². The maximum absolute atomic E-state index is 14.4. The first kappa shape index (κ1) is 22.0. The Morgan fingerprint density at radius 1 is 1.18 bits per heavy atom. The molecule has 8 heteroatoms. The van der Waals surface area contributed by atoms with E-state index in [4.69, 9.17) is 9.47 Å². The minimum absolute atomic E-state index is 0.0529. The molecule has 0 bridgehead atoms. The van der Waals surface area contributed by atoms with Crippen LogP contribution in [0.2, 0.25) is 0 Å². The molecule has 1 aromatic heterocycles. The van der Waals surface area contributed by atoms with E-state index in [-0.39, 0.29) is 11.7 Å². The lowest BCUT2D eigenvalue weighted by molar-refractivity contribution is -0.117. The molecule has 33 heavy (non-hydrogen) atoms. The molecule has 0 saturated carbocycles. The standard InChI is InChI=1S/C25H22FN3O4/c1-32-23-15-18(8-9-21(23)29-13-3-5-25(29)31)28-24(30)11-7-17-6-10-22(20(26)14-17)33-19-4-2-12-27-16-19/h2,4,6-12,14-16H,3,5,13H2,1H3,(H,28,30)/b11-7+. The lowest BCUT2D eigenvalue weighted by Gasteiger charge is -2.19. The van der Waals surface area contributed by atoms with Crippen LogP contribution in [0.5, 0.6) is 17.2 Å². The van der Waals surface area contributed by atoms with E-state index in [1.807, 2.05) is 0 Å². The predicted octanol–water partition coefficient (Wildman–Crippen LogP) is 4.80. The van der Waals surface area contributed by atoms with Crippen molar-refractivity contribution in [2.24, 2.45) is 0 Å². The van der Waals surface area contributed by atoms with Gasteiger partial charge in [-0.15, -0.1) is 0 Å². The van der Waals surface area contributed by atoms with Crippen LogP contribution in [0.4, 0.5) is 15.8 Å². The van der Waals surface area contributed by atoms with Crippen molar-refractivity contribution in [3.8, 4) is 17.2 Å². The fraction of sp³-hybridized carbons (Fsp3) is 0.160. The van der Waals surface area contributed by atoms with Gasteiger partial charge in [0.05, 0.1) is 19.0 Å². The maximum Gasteiger partial charge on any atom is 0.248 e. The third-order valence-electron chi connectivity index (χ3n) is 5.06. The number of methoxy groups -OCH3 is 1. The van der Waals surface area contributed by atoms with E-state index in [1.54, 1.807) is 47.5 Å². The predicted molar refractivity (Wildman–Crippen MR) is 123 cm³/mol. The SMILES string of the molecule is COc1cc(NC(=O)/C=C/c2ccc(Oc3cccnc3)c(F)c2)ccc1N1CCCC1=O. The number of hydrogen-bond acceptors (Lipinski definition) is 5. The Morgan fingerprint density at radius 2 is 2.06 bits per heavy atom. The zero-order chi connectivity index (χ0) is 23.2. The number of halogens is 1. The van der Waals surface area contributed by atoms with Crippen LogP contribution in [-0.4, -0.2) is 30.5 Å². The van der Waals surface area contributed by atoms with E-state index >= 15 is 0 Å². The Morgan fingerprint density at radius 3 is 2.76 bits per heavy atom. The second-order valence-corrected chi connectivity index (χ2v) is 7.34. The van der Waals surface area contributed by atoms with Crippen molar-refractivity contribution in [2.75, 3.05) is 23.9 Å². The number of anilines is 2. The summed E-state index contributed by atoms with van der Waals surface area (Å²) >= 11 is 0. The Bertz CT molecular complexity index is 1200. The molecule has 3 aromatic rings. The summed E-state index contributed by atoms with van der Waals surface area (Å²) in [5, 5.41) is 2.74. The summed E-state index contributed by atoms with van der Waals surface area (Å²) in [6.07, 6.45) is 7.22.